The monoisotopic (exact) mass is 295 g/mol. The van der Waals surface area contributed by atoms with Crippen molar-refractivity contribution in [1.29, 1.82) is 0 Å². The Kier molecular flexibility index (Phi) is 4.30. The molecule has 0 radical (unpaired) electrons. The molecule has 0 fully saturated rings. The van der Waals surface area contributed by atoms with Crippen molar-refractivity contribution in [3.8, 4) is 0 Å². The molecule has 0 saturated heterocycles. The minimum Gasteiger partial charge on any atom is -0.457 e. The van der Waals surface area contributed by atoms with Gasteiger partial charge in [-0.2, -0.15) is 0 Å². The second-order valence-corrected chi connectivity index (χ2v) is 4.75. The molecule has 0 atom stereocenters. The van der Waals surface area contributed by atoms with Crippen LogP contribution in [0, 0.1) is 0 Å². The van der Waals surface area contributed by atoms with Crippen LogP contribution < -0.4 is 5.73 Å². The number of nitrogens with two attached hydrogens (primary N) is 1. The number of ether oxygens (including phenoxy) is 1. The zero-order valence-electron chi connectivity index (χ0n) is 9.90. The van der Waals surface area contributed by atoms with Gasteiger partial charge in [-0.25, -0.2) is 4.79 Å². The first-order valence-electron chi connectivity index (χ1n) is 5.53. The SMILES string of the molecule is Nc1c(Cl)cccc1C(=O)OCc1ccc(Cl)cc1. The van der Waals surface area contributed by atoms with E-state index in [1.54, 1.807) is 42.5 Å². The molecule has 2 aromatic rings. The van der Waals surface area contributed by atoms with Crippen LogP contribution in [-0.4, -0.2) is 5.97 Å². The quantitative estimate of drug-likeness (QED) is 0.689. The molecule has 0 spiro atoms. The van der Waals surface area contributed by atoms with Crippen LogP contribution >= 0.6 is 23.2 Å². The van der Waals surface area contributed by atoms with E-state index in [1.807, 2.05) is 0 Å². The van der Waals surface area contributed by atoms with Gasteiger partial charge in [0.05, 0.1) is 16.3 Å². The Morgan fingerprint density at radius 2 is 1.79 bits per heavy atom. The Labute approximate surface area is 120 Å². The zero-order chi connectivity index (χ0) is 13.8. The Bertz CT molecular complexity index is 597. The Balaban J connectivity index is 2.05. The van der Waals surface area contributed by atoms with Crippen LogP contribution in [-0.2, 0) is 11.3 Å². The number of nitrogen functional groups attached to an aromatic ring is 1. The minimum atomic E-state index is -0.505. The largest absolute Gasteiger partial charge is 0.457 e. The normalized spacial score (nSPS) is 10.2. The van der Waals surface area contributed by atoms with E-state index < -0.39 is 5.97 Å². The lowest BCUT2D eigenvalue weighted by Crippen LogP contribution is -2.08. The lowest BCUT2D eigenvalue weighted by atomic mass is 10.2. The fourth-order valence-electron chi connectivity index (χ4n) is 1.52. The molecular weight excluding hydrogens is 285 g/mol. The van der Waals surface area contributed by atoms with Crippen molar-refractivity contribution >= 4 is 34.9 Å². The van der Waals surface area contributed by atoms with Gasteiger partial charge in [0.2, 0.25) is 0 Å². The average Bonchev–Trinajstić information content (AvgIpc) is 2.41. The predicted octanol–water partition coefficient (Wildman–Crippen LogP) is 3.93. The number of halogens is 2. The van der Waals surface area contributed by atoms with Gasteiger partial charge in [-0.3, -0.25) is 0 Å². The number of para-hydroxylation sites is 1. The first-order valence-corrected chi connectivity index (χ1v) is 6.29. The average molecular weight is 296 g/mol. The van der Waals surface area contributed by atoms with Gasteiger partial charge in [-0.15, -0.1) is 0 Å². The number of hydrogen-bond donors (Lipinski definition) is 1. The smallest absolute Gasteiger partial charge is 0.340 e. The molecule has 0 aliphatic rings. The van der Waals surface area contributed by atoms with E-state index >= 15 is 0 Å². The van der Waals surface area contributed by atoms with Crippen LogP contribution in [0.2, 0.25) is 10.0 Å². The molecule has 0 unspecified atom stereocenters. The molecule has 0 amide bonds. The summed E-state index contributed by atoms with van der Waals surface area (Å²) in [7, 11) is 0. The van der Waals surface area contributed by atoms with E-state index in [0.29, 0.717) is 10.0 Å². The Morgan fingerprint density at radius 3 is 2.47 bits per heavy atom. The number of rotatable bonds is 3. The summed E-state index contributed by atoms with van der Waals surface area (Å²) in [6.45, 7) is 0.155. The molecule has 0 aliphatic carbocycles. The summed E-state index contributed by atoms with van der Waals surface area (Å²) in [6, 6.07) is 11.9. The first-order chi connectivity index (χ1) is 9.08. The van der Waals surface area contributed by atoms with Crippen LogP contribution in [0.25, 0.3) is 0 Å². The standard InChI is InChI=1S/C14H11Cl2NO2/c15-10-6-4-9(5-7-10)8-19-14(18)11-2-1-3-12(16)13(11)17/h1-7H,8,17H2. The van der Waals surface area contributed by atoms with Crippen molar-refractivity contribution in [3.63, 3.8) is 0 Å². The van der Waals surface area contributed by atoms with Gasteiger partial charge in [0.25, 0.3) is 0 Å². The molecule has 0 heterocycles. The van der Waals surface area contributed by atoms with Crippen LogP contribution in [0.5, 0.6) is 0 Å². The molecule has 19 heavy (non-hydrogen) atoms. The molecule has 0 aromatic heterocycles. The highest BCUT2D eigenvalue weighted by molar-refractivity contribution is 6.33. The molecule has 0 bridgehead atoms. The van der Waals surface area contributed by atoms with Gasteiger partial charge in [0.15, 0.2) is 0 Å². The van der Waals surface area contributed by atoms with E-state index in [9.17, 15) is 4.79 Å². The van der Waals surface area contributed by atoms with E-state index in [-0.39, 0.29) is 17.9 Å². The molecule has 3 nitrogen and oxygen atoms in total. The van der Waals surface area contributed by atoms with Gasteiger partial charge >= 0.3 is 5.97 Å². The van der Waals surface area contributed by atoms with E-state index in [4.69, 9.17) is 33.7 Å². The van der Waals surface area contributed by atoms with E-state index in [2.05, 4.69) is 0 Å². The molecule has 0 saturated carbocycles. The van der Waals surface area contributed by atoms with E-state index in [1.165, 1.54) is 0 Å². The highest BCUT2D eigenvalue weighted by Gasteiger charge is 2.13. The predicted molar refractivity (Wildman–Crippen MR) is 76.4 cm³/mol. The van der Waals surface area contributed by atoms with Crippen molar-refractivity contribution in [2.45, 2.75) is 6.61 Å². The maximum Gasteiger partial charge on any atom is 0.340 e. The third kappa shape index (κ3) is 3.40. The van der Waals surface area contributed by atoms with Crippen LogP contribution in [0.15, 0.2) is 42.5 Å². The van der Waals surface area contributed by atoms with Gasteiger partial charge in [0, 0.05) is 5.02 Å². The Morgan fingerprint density at radius 1 is 1.11 bits per heavy atom. The summed E-state index contributed by atoms with van der Waals surface area (Å²) in [4.78, 5) is 11.9. The first kappa shape index (κ1) is 13.7. The molecule has 2 aromatic carbocycles. The summed E-state index contributed by atoms with van der Waals surface area (Å²) >= 11 is 11.6. The lowest BCUT2D eigenvalue weighted by molar-refractivity contribution is 0.0474. The van der Waals surface area contributed by atoms with Gasteiger partial charge in [0.1, 0.15) is 6.61 Å². The number of hydrogen-bond acceptors (Lipinski definition) is 3. The minimum absolute atomic E-state index is 0.155. The van der Waals surface area contributed by atoms with Crippen LogP contribution in [0.3, 0.4) is 0 Å². The lowest BCUT2D eigenvalue weighted by Gasteiger charge is -2.08. The van der Waals surface area contributed by atoms with Crippen molar-refractivity contribution in [1.82, 2.24) is 0 Å². The number of anilines is 1. The van der Waals surface area contributed by atoms with Gasteiger partial charge in [-0.05, 0) is 29.8 Å². The maximum absolute atomic E-state index is 11.9. The number of esters is 1. The van der Waals surface area contributed by atoms with Gasteiger partial charge < -0.3 is 10.5 Å². The fourth-order valence-corrected chi connectivity index (χ4v) is 1.82. The number of carbonyl (C=O) groups is 1. The van der Waals surface area contributed by atoms with Crippen molar-refractivity contribution in [2.75, 3.05) is 5.73 Å². The van der Waals surface area contributed by atoms with E-state index in [0.717, 1.165) is 5.56 Å². The van der Waals surface area contributed by atoms with Crippen molar-refractivity contribution < 1.29 is 9.53 Å². The zero-order valence-corrected chi connectivity index (χ0v) is 11.4. The summed E-state index contributed by atoms with van der Waals surface area (Å²) < 4.78 is 5.17. The van der Waals surface area contributed by atoms with Crippen LogP contribution in [0.1, 0.15) is 15.9 Å². The fraction of sp³-hybridized carbons (Fsp3) is 0.0714. The summed E-state index contributed by atoms with van der Waals surface area (Å²) in [5.41, 5.74) is 7.06. The van der Waals surface area contributed by atoms with Crippen LogP contribution in [0.4, 0.5) is 5.69 Å². The summed E-state index contributed by atoms with van der Waals surface area (Å²) in [5, 5.41) is 0.968. The molecule has 0 aliphatic heterocycles. The molecular formula is C14H11Cl2NO2. The third-order valence-electron chi connectivity index (χ3n) is 2.56. The number of carbonyl (C=O) groups excluding carboxylic acids is 1. The Hall–Kier alpha value is -1.71. The molecule has 2 rings (SSSR count). The second kappa shape index (κ2) is 5.95. The van der Waals surface area contributed by atoms with Crippen molar-refractivity contribution in [3.05, 3.63) is 63.6 Å². The molecule has 5 heteroatoms. The summed E-state index contributed by atoms with van der Waals surface area (Å²) in [5.74, 6) is -0.505. The highest BCUT2D eigenvalue weighted by Crippen LogP contribution is 2.23. The molecule has 98 valence electrons. The third-order valence-corrected chi connectivity index (χ3v) is 3.14. The summed E-state index contributed by atoms with van der Waals surface area (Å²) in [6.07, 6.45) is 0. The topological polar surface area (TPSA) is 52.3 Å². The highest BCUT2D eigenvalue weighted by atomic mass is 35.5. The van der Waals surface area contributed by atoms with Gasteiger partial charge in [-0.1, -0.05) is 41.4 Å². The van der Waals surface area contributed by atoms with Crippen molar-refractivity contribution in [2.24, 2.45) is 0 Å². The number of benzene rings is 2. The maximum atomic E-state index is 11.9. The molecule has 2 N–H and O–H groups in total. The second-order valence-electron chi connectivity index (χ2n) is 3.90.